The Kier molecular flexibility index (Phi) is 5.39. The van der Waals surface area contributed by atoms with Crippen molar-refractivity contribution >= 4 is 5.91 Å². The van der Waals surface area contributed by atoms with Crippen LogP contribution < -0.4 is 5.56 Å². The van der Waals surface area contributed by atoms with Crippen molar-refractivity contribution < 1.29 is 22.4 Å². The van der Waals surface area contributed by atoms with Gasteiger partial charge in [-0.2, -0.15) is 13.2 Å². The number of carbonyl (C=O) groups is 1. The van der Waals surface area contributed by atoms with E-state index >= 15 is 0 Å². The third kappa shape index (κ3) is 4.51. The molecule has 0 aliphatic heterocycles. The van der Waals surface area contributed by atoms with Gasteiger partial charge in [-0.25, -0.2) is 0 Å². The largest absolute Gasteiger partial charge is 0.454 e. The molecule has 0 aliphatic rings. The highest BCUT2D eigenvalue weighted by Crippen LogP contribution is 2.29. The van der Waals surface area contributed by atoms with Gasteiger partial charge in [0, 0.05) is 25.9 Å². The van der Waals surface area contributed by atoms with Crippen molar-refractivity contribution in [1.82, 2.24) is 9.47 Å². The number of amides is 1. The van der Waals surface area contributed by atoms with Gasteiger partial charge in [0.1, 0.15) is 5.76 Å². The Morgan fingerprint density at radius 3 is 2.43 bits per heavy atom. The standard InChI is InChI=1S/C20H17F3N2O3/c1-24(12-14-5-7-15(8-6-14)20(21,22)23)19(27)17-10-9-16(28-17)13-25-11-3-2-4-18(25)26/h2-11H,12-13H2,1H3. The molecule has 0 spiro atoms. The number of benzene rings is 1. The zero-order chi connectivity index (χ0) is 20.3. The summed E-state index contributed by atoms with van der Waals surface area (Å²) in [6.07, 6.45) is -2.78. The van der Waals surface area contributed by atoms with Gasteiger partial charge in [0.05, 0.1) is 12.1 Å². The first-order valence-electron chi connectivity index (χ1n) is 8.40. The van der Waals surface area contributed by atoms with Crippen LogP contribution >= 0.6 is 0 Å². The molecule has 3 rings (SSSR count). The SMILES string of the molecule is CN(Cc1ccc(C(F)(F)F)cc1)C(=O)c1ccc(Cn2ccccc2=O)o1. The minimum atomic E-state index is -4.40. The minimum absolute atomic E-state index is 0.0911. The number of pyridine rings is 1. The van der Waals surface area contributed by atoms with Crippen molar-refractivity contribution in [2.45, 2.75) is 19.3 Å². The van der Waals surface area contributed by atoms with E-state index in [4.69, 9.17) is 4.42 Å². The second-order valence-corrected chi connectivity index (χ2v) is 6.29. The van der Waals surface area contributed by atoms with E-state index in [9.17, 15) is 22.8 Å². The molecule has 1 aromatic carbocycles. The topological polar surface area (TPSA) is 55.5 Å². The Morgan fingerprint density at radius 2 is 1.79 bits per heavy atom. The van der Waals surface area contributed by atoms with E-state index in [0.717, 1.165) is 12.1 Å². The van der Waals surface area contributed by atoms with Gasteiger partial charge in [-0.3, -0.25) is 9.59 Å². The van der Waals surface area contributed by atoms with Crippen LogP contribution in [0.3, 0.4) is 0 Å². The molecule has 1 amide bonds. The van der Waals surface area contributed by atoms with Crippen LogP contribution in [0.4, 0.5) is 13.2 Å². The normalized spacial score (nSPS) is 11.4. The van der Waals surface area contributed by atoms with Crippen LogP contribution in [0, 0.1) is 0 Å². The second kappa shape index (κ2) is 7.75. The first-order chi connectivity index (χ1) is 13.2. The third-order valence-electron chi connectivity index (χ3n) is 4.15. The lowest BCUT2D eigenvalue weighted by molar-refractivity contribution is -0.137. The summed E-state index contributed by atoms with van der Waals surface area (Å²) in [6, 6.07) is 12.5. The van der Waals surface area contributed by atoms with Crippen molar-refractivity contribution in [3.63, 3.8) is 0 Å². The van der Waals surface area contributed by atoms with Gasteiger partial charge in [-0.1, -0.05) is 18.2 Å². The van der Waals surface area contributed by atoms with Crippen LogP contribution in [0.1, 0.15) is 27.4 Å². The summed E-state index contributed by atoms with van der Waals surface area (Å²) < 4.78 is 44.8. The number of rotatable bonds is 5. The molecule has 0 radical (unpaired) electrons. The molecule has 0 saturated carbocycles. The zero-order valence-electron chi connectivity index (χ0n) is 14.9. The van der Waals surface area contributed by atoms with Crippen LogP contribution in [-0.2, 0) is 19.3 Å². The highest BCUT2D eigenvalue weighted by Gasteiger charge is 2.30. The molecular formula is C20H17F3N2O3. The van der Waals surface area contributed by atoms with E-state index < -0.39 is 17.6 Å². The molecule has 0 N–H and O–H groups in total. The molecule has 0 atom stereocenters. The molecule has 0 saturated heterocycles. The Morgan fingerprint density at radius 1 is 1.07 bits per heavy atom. The third-order valence-corrected chi connectivity index (χ3v) is 4.15. The average Bonchev–Trinajstić information content (AvgIpc) is 3.11. The van der Waals surface area contributed by atoms with Gasteiger partial charge in [0.15, 0.2) is 5.76 Å². The highest BCUT2D eigenvalue weighted by molar-refractivity contribution is 5.91. The molecule has 146 valence electrons. The summed E-state index contributed by atoms with van der Waals surface area (Å²) in [7, 11) is 1.53. The Labute approximate surface area is 158 Å². The highest BCUT2D eigenvalue weighted by atomic mass is 19.4. The van der Waals surface area contributed by atoms with Crippen molar-refractivity contribution in [3.05, 3.63) is 93.8 Å². The minimum Gasteiger partial charge on any atom is -0.454 e. The average molecular weight is 390 g/mol. The first kappa shape index (κ1) is 19.5. The Balaban J connectivity index is 1.66. The summed E-state index contributed by atoms with van der Waals surface area (Å²) in [4.78, 5) is 25.6. The maximum Gasteiger partial charge on any atom is 0.416 e. The van der Waals surface area contributed by atoms with Crippen LogP contribution in [0.2, 0.25) is 0 Å². The molecule has 0 unspecified atom stereocenters. The number of furan rings is 1. The summed E-state index contributed by atoms with van der Waals surface area (Å²) >= 11 is 0. The van der Waals surface area contributed by atoms with Gasteiger partial charge < -0.3 is 13.9 Å². The quantitative estimate of drug-likeness (QED) is 0.666. The fraction of sp³-hybridized carbons (Fsp3) is 0.200. The van der Waals surface area contributed by atoms with Crippen molar-refractivity contribution in [2.24, 2.45) is 0 Å². The molecule has 0 fully saturated rings. The molecule has 0 aliphatic carbocycles. The number of hydrogen-bond acceptors (Lipinski definition) is 3. The van der Waals surface area contributed by atoms with E-state index in [-0.39, 0.29) is 24.4 Å². The van der Waals surface area contributed by atoms with Crippen LogP contribution in [-0.4, -0.2) is 22.4 Å². The van der Waals surface area contributed by atoms with E-state index in [2.05, 4.69) is 0 Å². The van der Waals surface area contributed by atoms with Gasteiger partial charge in [-0.15, -0.1) is 0 Å². The predicted octanol–water partition coefficient (Wildman–Crippen LogP) is 3.78. The molecule has 2 aromatic heterocycles. The van der Waals surface area contributed by atoms with Crippen LogP contribution in [0.5, 0.6) is 0 Å². The fourth-order valence-corrected chi connectivity index (χ4v) is 2.67. The summed E-state index contributed by atoms with van der Waals surface area (Å²) in [5, 5.41) is 0. The Hall–Kier alpha value is -3.29. The lowest BCUT2D eigenvalue weighted by Crippen LogP contribution is -2.25. The number of alkyl halides is 3. The number of nitrogens with zero attached hydrogens (tertiary/aromatic N) is 2. The Bertz CT molecular complexity index is 1020. The zero-order valence-corrected chi connectivity index (χ0v) is 14.9. The number of carbonyl (C=O) groups excluding carboxylic acids is 1. The van der Waals surface area contributed by atoms with Gasteiger partial charge in [-0.05, 0) is 35.9 Å². The van der Waals surface area contributed by atoms with Gasteiger partial charge >= 0.3 is 6.18 Å². The lowest BCUT2D eigenvalue weighted by atomic mass is 10.1. The monoisotopic (exact) mass is 390 g/mol. The molecular weight excluding hydrogens is 373 g/mol. The fourth-order valence-electron chi connectivity index (χ4n) is 2.67. The van der Waals surface area contributed by atoms with E-state index in [1.807, 2.05) is 0 Å². The van der Waals surface area contributed by atoms with E-state index in [1.165, 1.54) is 40.8 Å². The summed E-state index contributed by atoms with van der Waals surface area (Å²) in [5.41, 5.74) is -0.366. The summed E-state index contributed by atoms with van der Waals surface area (Å²) in [5.74, 6) is 0.125. The number of aromatic nitrogens is 1. The first-order valence-corrected chi connectivity index (χ1v) is 8.40. The molecule has 2 heterocycles. The van der Waals surface area contributed by atoms with Crippen molar-refractivity contribution in [1.29, 1.82) is 0 Å². The maximum absolute atomic E-state index is 12.6. The smallest absolute Gasteiger partial charge is 0.416 e. The maximum atomic E-state index is 12.6. The summed E-state index contributed by atoms with van der Waals surface area (Å²) in [6.45, 7) is 0.320. The second-order valence-electron chi connectivity index (χ2n) is 6.29. The van der Waals surface area contributed by atoms with Crippen LogP contribution in [0.25, 0.3) is 0 Å². The van der Waals surface area contributed by atoms with Crippen molar-refractivity contribution in [3.8, 4) is 0 Å². The molecule has 5 nitrogen and oxygen atoms in total. The van der Waals surface area contributed by atoms with Gasteiger partial charge in [0.2, 0.25) is 0 Å². The molecule has 28 heavy (non-hydrogen) atoms. The van der Waals surface area contributed by atoms with E-state index in [1.54, 1.807) is 24.4 Å². The lowest BCUT2D eigenvalue weighted by Gasteiger charge is -2.16. The number of hydrogen-bond donors (Lipinski definition) is 0. The number of halogens is 3. The predicted molar refractivity (Wildman–Crippen MR) is 95.8 cm³/mol. The van der Waals surface area contributed by atoms with Gasteiger partial charge in [0.25, 0.3) is 11.5 Å². The van der Waals surface area contributed by atoms with Crippen LogP contribution in [0.15, 0.2) is 70.0 Å². The molecule has 0 bridgehead atoms. The van der Waals surface area contributed by atoms with E-state index in [0.29, 0.717) is 11.3 Å². The molecule has 8 heteroatoms. The molecule has 3 aromatic rings. The van der Waals surface area contributed by atoms with Crippen molar-refractivity contribution in [2.75, 3.05) is 7.05 Å².